The fraction of sp³-hybridized carbons (Fsp3) is 1.00. The van der Waals surface area contributed by atoms with Gasteiger partial charge in [0, 0.05) is 0 Å². The quantitative estimate of drug-likeness (QED) is 0.609. The minimum atomic E-state index is 0. The van der Waals surface area contributed by atoms with E-state index in [1.807, 2.05) is 0 Å². The SMILES string of the molecule is CCC[N+](C)(C)C1CCCCC1.[Br-]. The molecule has 0 spiro atoms. The molecule has 1 aliphatic carbocycles. The van der Waals surface area contributed by atoms with Crippen molar-refractivity contribution in [3.05, 3.63) is 0 Å². The van der Waals surface area contributed by atoms with E-state index in [0.717, 1.165) is 6.04 Å². The maximum atomic E-state index is 2.40. The van der Waals surface area contributed by atoms with Gasteiger partial charge >= 0.3 is 0 Å². The highest BCUT2D eigenvalue weighted by molar-refractivity contribution is 4.65. The van der Waals surface area contributed by atoms with Crippen molar-refractivity contribution in [2.75, 3.05) is 20.6 Å². The summed E-state index contributed by atoms with van der Waals surface area (Å²) in [4.78, 5) is 0. The number of halogens is 1. The lowest BCUT2D eigenvalue weighted by atomic mass is 9.93. The fourth-order valence-electron chi connectivity index (χ4n) is 2.54. The van der Waals surface area contributed by atoms with Crippen molar-refractivity contribution in [3.63, 3.8) is 0 Å². The molecule has 0 saturated heterocycles. The van der Waals surface area contributed by atoms with Crippen LogP contribution in [0.2, 0.25) is 0 Å². The van der Waals surface area contributed by atoms with Crippen LogP contribution in [0.15, 0.2) is 0 Å². The lowest BCUT2D eigenvalue weighted by Crippen LogP contribution is -3.00. The smallest absolute Gasteiger partial charge is 0.0886 e. The number of hydrogen-bond acceptors (Lipinski definition) is 0. The van der Waals surface area contributed by atoms with E-state index >= 15 is 0 Å². The van der Waals surface area contributed by atoms with Crippen molar-refractivity contribution in [2.24, 2.45) is 0 Å². The van der Waals surface area contributed by atoms with Gasteiger partial charge in [0.15, 0.2) is 0 Å². The van der Waals surface area contributed by atoms with Crippen molar-refractivity contribution < 1.29 is 21.5 Å². The van der Waals surface area contributed by atoms with Gasteiger partial charge in [-0.3, -0.25) is 0 Å². The van der Waals surface area contributed by atoms with Gasteiger partial charge in [-0.25, -0.2) is 0 Å². The lowest BCUT2D eigenvalue weighted by molar-refractivity contribution is -0.916. The Labute approximate surface area is 93.9 Å². The summed E-state index contributed by atoms with van der Waals surface area (Å²) in [5.74, 6) is 0. The molecule has 0 atom stereocenters. The molecule has 0 heterocycles. The Kier molecular flexibility index (Phi) is 6.23. The van der Waals surface area contributed by atoms with Gasteiger partial charge in [0.2, 0.25) is 0 Å². The van der Waals surface area contributed by atoms with Crippen LogP contribution in [0.4, 0.5) is 0 Å². The Morgan fingerprint density at radius 2 is 1.62 bits per heavy atom. The van der Waals surface area contributed by atoms with Crippen LogP contribution in [-0.2, 0) is 0 Å². The first kappa shape index (κ1) is 13.4. The monoisotopic (exact) mass is 249 g/mol. The molecule has 0 aromatic heterocycles. The van der Waals surface area contributed by atoms with Gasteiger partial charge in [-0.1, -0.05) is 13.3 Å². The Hall–Kier alpha value is 0.440. The summed E-state index contributed by atoms with van der Waals surface area (Å²) in [6.45, 7) is 3.65. The summed E-state index contributed by atoms with van der Waals surface area (Å²) in [6, 6.07) is 0.957. The number of rotatable bonds is 3. The van der Waals surface area contributed by atoms with Crippen LogP contribution in [-0.4, -0.2) is 31.2 Å². The standard InChI is InChI=1S/C11H24N.BrH/c1-4-10-12(2,3)11-8-6-5-7-9-11;/h11H,4-10H2,1-3H3;1H/q+1;/p-1. The summed E-state index contributed by atoms with van der Waals surface area (Å²) in [5, 5.41) is 0. The lowest BCUT2D eigenvalue weighted by Gasteiger charge is -2.40. The third-order valence-electron chi connectivity index (χ3n) is 3.36. The predicted molar refractivity (Wildman–Crippen MR) is 54.1 cm³/mol. The van der Waals surface area contributed by atoms with Gasteiger partial charge in [0.25, 0.3) is 0 Å². The van der Waals surface area contributed by atoms with E-state index in [0.29, 0.717) is 0 Å². The van der Waals surface area contributed by atoms with Crippen LogP contribution in [0.1, 0.15) is 45.4 Å². The predicted octanol–water partition coefficient (Wildman–Crippen LogP) is -0.190. The van der Waals surface area contributed by atoms with Crippen molar-refractivity contribution in [1.82, 2.24) is 0 Å². The Balaban J connectivity index is 0.00000144. The summed E-state index contributed by atoms with van der Waals surface area (Å²) < 4.78 is 1.26. The molecule has 13 heavy (non-hydrogen) atoms. The topological polar surface area (TPSA) is 0 Å². The van der Waals surface area contributed by atoms with Gasteiger partial charge in [0.1, 0.15) is 0 Å². The zero-order valence-corrected chi connectivity index (χ0v) is 10.9. The third-order valence-corrected chi connectivity index (χ3v) is 3.36. The maximum Gasteiger partial charge on any atom is 0.0886 e. The molecule has 1 fully saturated rings. The van der Waals surface area contributed by atoms with E-state index in [2.05, 4.69) is 21.0 Å². The number of quaternary nitrogens is 1. The fourth-order valence-corrected chi connectivity index (χ4v) is 2.54. The summed E-state index contributed by atoms with van der Waals surface area (Å²) in [5.41, 5.74) is 0. The van der Waals surface area contributed by atoms with Gasteiger partial charge < -0.3 is 21.5 Å². The zero-order valence-electron chi connectivity index (χ0n) is 9.35. The first-order valence-electron chi connectivity index (χ1n) is 5.49. The largest absolute Gasteiger partial charge is 1.00 e. The second-order valence-electron chi connectivity index (χ2n) is 4.79. The zero-order chi connectivity index (χ0) is 9.03. The highest BCUT2D eigenvalue weighted by atomic mass is 79.9. The molecule has 1 nitrogen and oxygen atoms in total. The molecule has 0 bridgehead atoms. The summed E-state index contributed by atoms with van der Waals surface area (Å²) >= 11 is 0. The summed E-state index contributed by atoms with van der Waals surface area (Å²) in [7, 11) is 4.80. The second-order valence-corrected chi connectivity index (χ2v) is 4.79. The second kappa shape index (κ2) is 6.02. The molecule has 1 aliphatic rings. The normalized spacial score (nSPS) is 19.6. The molecule has 1 rings (SSSR count). The van der Waals surface area contributed by atoms with Crippen LogP contribution in [0.25, 0.3) is 0 Å². The van der Waals surface area contributed by atoms with E-state index in [4.69, 9.17) is 0 Å². The van der Waals surface area contributed by atoms with Crippen molar-refractivity contribution in [1.29, 1.82) is 0 Å². The van der Waals surface area contributed by atoms with Gasteiger partial charge in [-0.2, -0.15) is 0 Å². The van der Waals surface area contributed by atoms with Gasteiger partial charge in [-0.15, -0.1) is 0 Å². The molecule has 0 unspecified atom stereocenters. The molecular weight excluding hydrogens is 226 g/mol. The highest BCUT2D eigenvalue weighted by Gasteiger charge is 2.28. The van der Waals surface area contributed by atoms with E-state index < -0.39 is 0 Å². The summed E-state index contributed by atoms with van der Waals surface area (Å²) in [6.07, 6.45) is 8.66. The highest BCUT2D eigenvalue weighted by Crippen LogP contribution is 2.25. The Morgan fingerprint density at radius 1 is 1.08 bits per heavy atom. The van der Waals surface area contributed by atoms with Crippen LogP contribution in [0.3, 0.4) is 0 Å². The molecule has 80 valence electrons. The minimum absolute atomic E-state index is 0. The Morgan fingerprint density at radius 3 is 2.08 bits per heavy atom. The van der Waals surface area contributed by atoms with E-state index in [1.165, 1.54) is 49.6 Å². The van der Waals surface area contributed by atoms with Crippen LogP contribution in [0.5, 0.6) is 0 Å². The van der Waals surface area contributed by atoms with Crippen LogP contribution in [0, 0.1) is 0 Å². The molecule has 0 aromatic rings. The van der Waals surface area contributed by atoms with Crippen molar-refractivity contribution in [2.45, 2.75) is 51.5 Å². The molecule has 0 aliphatic heterocycles. The van der Waals surface area contributed by atoms with Crippen LogP contribution < -0.4 is 17.0 Å². The molecule has 0 aromatic carbocycles. The third kappa shape index (κ3) is 3.99. The first-order valence-corrected chi connectivity index (χ1v) is 5.49. The Bertz CT molecular complexity index is 128. The molecular formula is C11H24BrN. The average molecular weight is 250 g/mol. The van der Waals surface area contributed by atoms with E-state index in [1.54, 1.807) is 0 Å². The first-order chi connectivity index (χ1) is 5.67. The molecule has 0 N–H and O–H groups in total. The van der Waals surface area contributed by atoms with Crippen molar-refractivity contribution in [3.8, 4) is 0 Å². The number of nitrogens with zero attached hydrogens (tertiary/aromatic N) is 1. The van der Waals surface area contributed by atoms with Gasteiger partial charge in [0.05, 0.1) is 26.7 Å². The van der Waals surface area contributed by atoms with Crippen molar-refractivity contribution >= 4 is 0 Å². The van der Waals surface area contributed by atoms with E-state index in [9.17, 15) is 0 Å². The molecule has 2 heteroatoms. The molecule has 0 radical (unpaired) electrons. The van der Waals surface area contributed by atoms with E-state index in [-0.39, 0.29) is 17.0 Å². The minimum Gasteiger partial charge on any atom is -1.00 e. The average Bonchev–Trinajstić information content (AvgIpc) is 2.06. The van der Waals surface area contributed by atoms with Gasteiger partial charge in [-0.05, 0) is 32.1 Å². The maximum absolute atomic E-state index is 2.40. The number of hydrogen-bond donors (Lipinski definition) is 0. The molecule has 0 amide bonds. The molecule has 1 saturated carbocycles. The van der Waals surface area contributed by atoms with Crippen LogP contribution >= 0.6 is 0 Å².